The highest BCUT2D eigenvalue weighted by molar-refractivity contribution is 6.23. The van der Waals surface area contributed by atoms with E-state index in [0.717, 1.165) is 22.3 Å². The first-order valence-corrected chi connectivity index (χ1v) is 17.7. The van der Waals surface area contributed by atoms with Crippen LogP contribution >= 0.6 is 0 Å². The van der Waals surface area contributed by atoms with E-state index in [1.54, 1.807) is 12.1 Å². The number of carboxylic acids is 2. The second kappa shape index (κ2) is 14.4. The number of aliphatic carboxylic acids is 2. The molecule has 2 heterocycles. The lowest BCUT2D eigenvalue weighted by atomic mass is 9.65. The number of nitrogens with zero attached hydrogens (tertiary/aromatic N) is 2. The zero-order valence-corrected chi connectivity index (χ0v) is 29.8. The molecule has 0 atom stereocenters. The summed E-state index contributed by atoms with van der Waals surface area (Å²) in [5.74, 6) is -3.83. The van der Waals surface area contributed by atoms with Gasteiger partial charge in [-0.2, -0.15) is 0 Å². The zero-order valence-electron chi connectivity index (χ0n) is 29.8. The topological polar surface area (TPSA) is 168 Å². The molecule has 0 aromatic heterocycles. The van der Waals surface area contributed by atoms with Crippen molar-refractivity contribution in [1.82, 2.24) is 9.80 Å². The Kier molecular flexibility index (Phi) is 9.14. The van der Waals surface area contributed by atoms with Gasteiger partial charge in [-0.1, -0.05) is 84.9 Å². The van der Waals surface area contributed by atoms with Crippen LogP contribution in [0.2, 0.25) is 0 Å². The molecule has 12 nitrogen and oxygen atoms in total. The van der Waals surface area contributed by atoms with Gasteiger partial charge in [0.1, 0.15) is 36.1 Å². The van der Waals surface area contributed by atoms with Crippen LogP contribution in [-0.4, -0.2) is 68.7 Å². The summed E-state index contributed by atoms with van der Waals surface area (Å²) >= 11 is 0. The Hall–Kier alpha value is -7.86. The van der Waals surface area contributed by atoms with Crippen LogP contribution in [-0.2, 0) is 15.0 Å². The van der Waals surface area contributed by atoms with Gasteiger partial charge in [0.2, 0.25) is 0 Å². The van der Waals surface area contributed by atoms with Crippen molar-refractivity contribution in [2.75, 3.05) is 13.1 Å². The SMILES string of the molecule is O=C(O)CN1C(=O)c2ccc(Oc3ccc(C(c4ccccc4)(c4ccccc4)c4ccc(Oc5ccc6c(c5)C(=O)N(CC(=O)O)C6=O)cc4)cc3)cc2C1=O. The Morgan fingerprint density at radius 2 is 0.737 bits per heavy atom. The molecule has 0 bridgehead atoms. The van der Waals surface area contributed by atoms with E-state index in [2.05, 4.69) is 24.3 Å². The predicted octanol–water partition coefficient (Wildman–Crippen LogP) is 7.02. The number of carbonyl (C=O) groups is 6. The van der Waals surface area contributed by atoms with Crippen LogP contribution in [0.25, 0.3) is 0 Å². The maximum absolute atomic E-state index is 12.9. The number of rotatable bonds is 12. The van der Waals surface area contributed by atoms with Gasteiger partial charge in [-0.25, -0.2) is 0 Å². The molecule has 0 radical (unpaired) electrons. The fraction of sp³-hybridized carbons (Fsp3) is 0.0667. The lowest BCUT2D eigenvalue weighted by Crippen LogP contribution is -2.34. The molecule has 4 amide bonds. The van der Waals surface area contributed by atoms with Gasteiger partial charge in [-0.15, -0.1) is 0 Å². The molecule has 2 aliphatic rings. The number of benzene rings is 6. The molecular formula is C45H30N2O10. The summed E-state index contributed by atoms with van der Waals surface area (Å²) in [6.45, 7) is -1.47. The molecule has 57 heavy (non-hydrogen) atoms. The van der Waals surface area contributed by atoms with Crippen molar-refractivity contribution in [3.63, 3.8) is 0 Å². The van der Waals surface area contributed by atoms with E-state index in [9.17, 15) is 28.8 Å². The van der Waals surface area contributed by atoms with Gasteiger partial charge >= 0.3 is 11.9 Å². The van der Waals surface area contributed by atoms with Crippen molar-refractivity contribution >= 4 is 35.6 Å². The highest BCUT2D eigenvalue weighted by Crippen LogP contribution is 2.46. The van der Waals surface area contributed by atoms with Crippen LogP contribution in [0.1, 0.15) is 63.7 Å². The van der Waals surface area contributed by atoms with Crippen molar-refractivity contribution in [3.8, 4) is 23.0 Å². The minimum absolute atomic E-state index is 0.0668. The largest absolute Gasteiger partial charge is 0.480 e. The van der Waals surface area contributed by atoms with Gasteiger partial charge in [0.05, 0.1) is 27.7 Å². The lowest BCUT2D eigenvalue weighted by molar-refractivity contribution is -0.138. The van der Waals surface area contributed by atoms with Crippen LogP contribution in [0.4, 0.5) is 0 Å². The van der Waals surface area contributed by atoms with Gasteiger partial charge in [0, 0.05) is 0 Å². The average Bonchev–Trinajstić information content (AvgIpc) is 3.59. The quantitative estimate of drug-likeness (QED) is 0.0978. The van der Waals surface area contributed by atoms with E-state index in [0.29, 0.717) is 32.8 Å². The fourth-order valence-electron chi connectivity index (χ4n) is 7.42. The summed E-state index contributed by atoms with van der Waals surface area (Å²) in [5.41, 5.74) is 3.24. The van der Waals surface area contributed by atoms with E-state index in [-0.39, 0.29) is 22.3 Å². The summed E-state index contributed by atoms with van der Waals surface area (Å²) in [6.07, 6.45) is 0. The number of hydrogen-bond acceptors (Lipinski definition) is 8. The molecule has 6 aromatic carbocycles. The van der Waals surface area contributed by atoms with Crippen LogP contribution in [0.15, 0.2) is 146 Å². The zero-order chi connectivity index (χ0) is 39.8. The summed E-state index contributed by atoms with van der Waals surface area (Å²) < 4.78 is 12.3. The maximum Gasteiger partial charge on any atom is 0.323 e. The second-order valence-corrected chi connectivity index (χ2v) is 13.3. The normalized spacial score (nSPS) is 13.4. The first-order valence-electron chi connectivity index (χ1n) is 17.7. The highest BCUT2D eigenvalue weighted by Gasteiger charge is 2.40. The molecule has 280 valence electrons. The number of carboxylic acid groups (broad SMARTS) is 2. The molecule has 0 aliphatic carbocycles. The minimum atomic E-state index is -1.30. The van der Waals surface area contributed by atoms with Gasteiger partial charge in [-0.05, 0) is 82.9 Å². The Balaban J connectivity index is 1.12. The number of ether oxygens (including phenoxy) is 2. The Morgan fingerprint density at radius 1 is 0.421 bits per heavy atom. The molecule has 0 saturated heterocycles. The lowest BCUT2D eigenvalue weighted by Gasteiger charge is -2.37. The van der Waals surface area contributed by atoms with Crippen LogP contribution in [0, 0.1) is 0 Å². The van der Waals surface area contributed by atoms with Crippen molar-refractivity contribution in [2.45, 2.75) is 5.41 Å². The molecule has 0 unspecified atom stereocenters. The molecule has 0 saturated carbocycles. The van der Waals surface area contributed by atoms with Gasteiger partial charge < -0.3 is 19.7 Å². The minimum Gasteiger partial charge on any atom is -0.480 e. The number of hydrogen-bond donors (Lipinski definition) is 2. The van der Waals surface area contributed by atoms with E-state index in [1.165, 1.54) is 24.3 Å². The van der Waals surface area contributed by atoms with Gasteiger partial charge in [-0.3, -0.25) is 38.6 Å². The monoisotopic (exact) mass is 758 g/mol. The number of amides is 4. The summed E-state index contributed by atoms with van der Waals surface area (Å²) in [6, 6.07) is 43.9. The first-order chi connectivity index (χ1) is 27.5. The van der Waals surface area contributed by atoms with Gasteiger partial charge in [0.15, 0.2) is 0 Å². The Labute approximate surface area is 324 Å². The highest BCUT2D eigenvalue weighted by atomic mass is 16.5. The van der Waals surface area contributed by atoms with Crippen LogP contribution in [0.3, 0.4) is 0 Å². The molecule has 8 rings (SSSR count). The smallest absolute Gasteiger partial charge is 0.323 e. The molecule has 6 aromatic rings. The fourth-order valence-corrected chi connectivity index (χ4v) is 7.42. The average molecular weight is 759 g/mol. The first kappa shape index (κ1) is 36.1. The van der Waals surface area contributed by atoms with Crippen molar-refractivity contribution in [3.05, 3.63) is 190 Å². The van der Waals surface area contributed by atoms with Crippen molar-refractivity contribution in [1.29, 1.82) is 0 Å². The molecule has 12 heteroatoms. The summed E-state index contributed by atoms with van der Waals surface area (Å²) in [5, 5.41) is 18.3. The predicted molar refractivity (Wildman–Crippen MR) is 204 cm³/mol. The van der Waals surface area contributed by atoms with E-state index in [4.69, 9.17) is 19.7 Å². The van der Waals surface area contributed by atoms with Gasteiger partial charge in [0.25, 0.3) is 23.6 Å². The third-order valence-corrected chi connectivity index (χ3v) is 9.93. The molecule has 2 aliphatic heterocycles. The third kappa shape index (κ3) is 6.44. The van der Waals surface area contributed by atoms with Crippen LogP contribution < -0.4 is 9.47 Å². The molecule has 0 fully saturated rings. The Bertz CT molecular complexity index is 2420. The summed E-state index contributed by atoms with van der Waals surface area (Å²) in [4.78, 5) is 74.8. The molecule has 2 N–H and O–H groups in total. The van der Waals surface area contributed by atoms with Crippen LogP contribution in [0.5, 0.6) is 23.0 Å². The third-order valence-electron chi connectivity index (χ3n) is 9.93. The molecular weight excluding hydrogens is 728 g/mol. The second-order valence-electron chi connectivity index (χ2n) is 13.3. The number of fused-ring (bicyclic) bond motifs is 2. The maximum atomic E-state index is 12.9. The summed E-state index contributed by atoms with van der Waals surface area (Å²) in [7, 11) is 0. The van der Waals surface area contributed by atoms with Crippen molar-refractivity contribution in [2.24, 2.45) is 0 Å². The number of imide groups is 2. The van der Waals surface area contributed by atoms with E-state index < -0.39 is 54.1 Å². The Morgan fingerprint density at radius 3 is 1.09 bits per heavy atom. The standard InChI is InChI=1S/C45H30N2O10/c48-39(49)25-46-41(52)35-21-19-33(23-37(35)43(46)54)56-31-15-11-29(12-16-31)45(27-7-3-1-4-8-27,28-9-5-2-6-10-28)30-13-17-32(18-14-30)57-34-20-22-36-38(24-34)44(55)47(42(36)53)26-40(50)51/h1-24H,25-26H2,(H,48,49)(H,50,51). The van der Waals surface area contributed by atoms with Crippen molar-refractivity contribution < 1.29 is 48.5 Å². The van der Waals surface area contributed by atoms with E-state index >= 15 is 0 Å². The molecule has 0 spiro atoms. The van der Waals surface area contributed by atoms with E-state index in [1.807, 2.05) is 84.9 Å². The number of carbonyl (C=O) groups excluding carboxylic acids is 4.